The van der Waals surface area contributed by atoms with Crippen LogP contribution in [-0.2, 0) is 11.4 Å². The summed E-state index contributed by atoms with van der Waals surface area (Å²) in [5.74, 6) is 7.28. The Morgan fingerprint density at radius 2 is 1.87 bits per heavy atom. The van der Waals surface area contributed by atoms with Crippen LogP contribution in [-0.4, -0.2) is 26.5 Å². The van der Waals surface area contributed by atoms with Gasteiger partial charge in [-0.05, 0) is 56.0 Å². The van der Waals surface area contributed by atoms with Crippen LogP contribution in [0.5, 0.6) is 5.75 Å². The summed E-state index contributed by atoms with van der Waals surface area (Å²) in [4.78, 5) is 12.4. The van der Waals surface area contributed by atoms with E-state index in [1.807, 2.05) is 58.0 Å². The zero-order chi connectivity index (χ0) is 21.8. The number of nitrogens with two attached hydrogens (primary N) is 1. The predicted molar refractivity (Wildman–Crippen MR) is 121 cm³/mol. The lowest BCUT2D eigenvalue weighted by Crippen LogP contribution is -2.18. The number of amides is 1. The van der Waals surface area contributed by atoms with Gasteiger partial charge in [0, 0.05) is 0 Å². The van der Waals surface area contributed by atoms with Crippen LogP contribution in [0.2, 0.25) is 5.02 Å². The van der Waals surface area contributed by atoms with Crippen molar-refractivity contribution in [3.63, 3.8) is 0 Å². The van der Waals surface area contributed by atoms with Crippen LogP contribution in [0.1, 0.15) is 28.1 Å². The highest BCUT2D eigenvalue weighted by Crippen LogP contribution is 2.28. The summed E-state index contributed by atoms with van der Waals surface area (Å²) in [6, 6.07) is 9.73. The van der Waals surface area contributed by atoms with Crippen LogP contribution in [0, 0.1) is 27.7 Å². The Labute approximate surface area is 184 Å². The van der Waals surface area contributed by atoms with Gasteiger partial charge in [0.25, 0.3) is 0 Å². The van der Waals surface area contributed by atoms with E-state index < -0.39 is 0 Å². The normalized spacial score (nSPS) is 10.8. The van der Waals surface area contributed by atoms with E-state index in [0.29, 0.717) is 21.7 Å². The third-order valence-corrected chi connectivity index (χ3v) is 5.76. The van der Waals surface area contributed by atoms with Crippen molar-refractivity contribution >= 4 is 35.0 Å². The molecule has 0 spiro atoms. The number of nitrogens with one attached hydrogen (secondary N) is 1. The number of halogens is 1. The monoisotopic (exact) mass is 445 g/mol. The summed E-state index contributed by atoms with van der Waals surface area (Å²) in [5, 5.41) is 11.9. The molecule has 0 saturated heterocycles. The fourth-order valence-corrected chi connectivity index (χ4v) is 4.09. The fourth-order valence-electron chi connectivity index (χ4n) is 3.05. The van der Waals surface area contributed by atoms with E-state index in [1.165, 1.54) is 16.4 Å². The van der Waals surface area contributed by atoms with Gasteiger partial charge in [0.1, 0.15) is 12.4 Å². The number of benzene rings is 2. The van der Waals surface area contributed by atoms with Crippen LogP contribution < -0.4 is 15.9 Å². The molecule has 158 valence electrons. The van der Waals surface area contributed by atoms with E-state index in [0.717, 1.165) is 28.0 Å². The lowest BCUT2D eigenvalue weighted by Gasteiger charge is -2.12. The van der Waals surface area contributed by atoms with Crippen molar-refractivity contribution in [3.05, 3.63) is 63.4 Å². The highest BCUT2D eigenvalue weighted by atomic mass is 35.5. The SMILES string of the molecule is Cc1cc(C)c(NC(=O)CSc2nnc(COc3c(C)cccc3C)n2N)c(Cl)c1. The van der Waals surface area contributed by atoms with Gasteiger partial charge in [0.05, 0.1) is 16.5 Å². The van der Waals surface area contributed by atoms with Crippen LogP contribution in [0.15, 0.2) is 35.5 Å². The molecule has 0 aliphatic rings. The van der Waals surface area contributed by atoms with E-state index in [1.54, 1.807) is 0 Å². The van der Waals surface area contributed by atoms with Crippen LogP contribution >= 0.6 is 23.4 Å². The summed E-state index contributed by atoms with van der Waals surface area (Å²) >= 11 is 7.44. The number of ether oxygens (including phenoxy) is 1. The van der Waals surface area contributed by atoms with Gasteiger partial charge in [-0.2, -0.15) is 0 Å². The molecule has 3 N–H and O–H groups in total. The number of nitrogen functional groups attached to an aromatic ring is 1. The molecule has 2 aromatic carbocycles. The molecule has 3 rings (SSSR count). The van der Waals surface area contributed by atoms with Crippen LogP contribution in [0.25, 0.3) is 0 Å². The number of thioether (sulfide) groups is 1. The van der Waals surface area contributed by atoms with Gasteiger partial charge in [-0.1, -0.05) is 47.6 Å². The molecule has 9 heteroatoms. The summed E-state index contributed by atoms with van der Waals surface area (Å²) in [6.07, 6.45) is 0. The van der Waals surface area contributed by atoms with Crippen LogP contribution in [0.3, 0.4) is 0 Å². The quantitative estimate of drug-likeness (QED) is 0.418. The second kappa shape index (κ2) is 9.40. The standard InChI is InChI=1S/C21H24ClN5O2S/c1-12-8-15(4)19(16(22)9-12)24-18(28)11-30-21-26-25-17(27(21)23)10-29-20-13(2)6-5-7-14(20)3/h5-9H,10-11,23H2,1-4H3,(H,24,28). The molecule has 7 nitrogen and oxygen atoms in total. The zero-order valence-electron chi connectivity index (χ0n) is 17.3. The molecule has 0 bridgehead atoms. The molecule has 1 amide bonds. The highest BCUT2D eigenvalue weighted by molar-refractivity contribution is 7.99. The molecular weight excluding hydrogens is 422 g/mol. The summed E-state index contributed by atoms with van der Waals surface area (Å²) in [5.41, 5.74) is 4.64. The molecule has 0 radical (unpaired) electrons. The van der Waals surface area contributed by atoms with Gasteiger partial charge in [-0.15, -0.1) is 10.2 Å². The number of nitrogens with zero attached hydrogens (tertiary/aromatic N) is 3. The number of rotatable bonds is 7. The Morgan fingerprint density at radius 3 is 2.53 bits per heavy atom. The number of carbonyl (C=O) groups excluding carboxylic acids is 1. The minimum absolute atomic E-state index is 0.122. The number of para-hydroxylation sites is 1. The molecule has 1 heterocycles. The van der Waals surface area contributed by atoms with Gasteiger partial charge in [-0.3, -0.25) is 4.79 Å². The molecule has 0 aliphatic carbocycles. The zero-order valence-corrected chi connectivity index (χ0v) is 18.9. The number of hydrogen-bond donors (Lipinski definition) is 2. The number of anilines is 1. The van der Waals surface area contributed by atoms with Crippen molar-refractivity contribution in [3.8, 4) is 5.75 Å². The Hall–Kier alpha value is -2.71. The Morgan fingerprint density at radius 1 is 1.17 bits per heavy atom. The summed E-state index contributed by atoms with van der Waals surface area (Å²) in [6.45, 7) is 8.01. The topological polar surface area (TPSA) is 95.1 Å². The molecule has 0 unspecified atom stereocenters. The Balaban J connectivity index is 1.59. The second-order valence-corrected chi connectivity index (χ2v) is 8.40. The van der Waals surface area contributed by atoms with E-state index in [-0.39, 0.29) is 18.3 Å². The largest absolute Gasteiger partial charge is 0.485 e. The van der Waals surface area contributed by atoms with Gasteiger partial charge in [0.2, 0.25) is 11.1 Å². The minimum atomic E-state index is -0.204. The van der Waals surface area contributed by atoms with E-state index in [4.69, 9.17) is 22.2 Å². The molecule has 0 atom stereocenters. The van der Waals surface area contributed by atoms with Crippen molar-refractivity contribution in [1.82, 2.24) is 14.9 Å². The van der Waals surface area contributed by atoms with Gasteiger partial charge >= 0.3 is 0 Å². The van der Waals surface area contributed by atoms with Crippen molar-refractivity contribution in [1.29, 1.82) is 0 Å². The third-order valence-electron chi connectivity index (χ3n) is 4.52. The first kappa shape index (κ1) is 22.0. The van der Waals surface area contributed by atoms with Crippen molar-refractivity contribution in [2.45, 2.75) is 39.5 Å². The van der Waals surface area contributed by atoms with E-state index in [2.05, 4.69) is 15.5 Å². The number of aryl methyl sites for hydroxylation is 4. The molecule has 1 aromatic heterocycles. The highest BCUT2D eigenvalue weighted by Gasteiger charge is 2.15. The first-order valence-electron chi connectivity index (χ1n) is 9.34. The van der Waals surface area contributed by atoms with E-state index in [9.17, 15) is 4.79 Å². The average Bonchev–Trinajstić information content (AvgIpc) is 3.02. The van der Waals surface area contributed by atoms with Gasteiger partial charge in [0.15, 0.2) is 5.82 Å². The second-order valence-electron chi connectivity index (χ2n) is 7.05. The smallest absolute Gasteiger partial charge is 0.234 e. The first-order chi connectivity index (χ1) is 14.3. The number of aromatic nitrogens is 3. The van der Waals surface area contributed by atoms with Crippen LogP contribution in [0.4, 0.5) is 5.69 Å². The maximum absolute atomic E-state index is 12.4. The third kappa shape index (κ3) is 5.06. The lowest BCUT2D eigenvalue weighted by atomic mass is 10.1. The van der Waals surface area contributed by atoms with Crippen molar-refractivity contribution < 1.29 is 9.53 Å². The minimum Gasteiger partial charge on any atom is -0.485 e. The van der Waals surface area contributed by atoms with Crippen molar-refractivity contribution in [2.75, 3.05) is 16.9 Å². The molecular formula is C21H24ClN5O2S. The summed E-state index contributed by atoms with van der Waals surface area (Å²) < 4.78 is 7.22. The predicted octanol–water partition coefficient (Wildman–Crippen LogP) is 4.19. The van der Waals surface area contributed by atoms with Gasteiger partial charge in [-0.25, -0.2) is 4.68 Å². The number of carbonyl (C=O) groups is 1. The summed E-state index contributed by atoms with van der Waals surface area (Å²) in [7, 11) is 0. The van der Waals surface area contributed by atoms with Gasteiger partial charge < -0.3 is 15.9 Å². The Bertz CT molecular complexity index is 1040. The van der Waals surface area contributed by atoms with E-state index >= 15 is 0 Å². The molecule has 0 saturated carbocycles. The molecule has 0 aliphatic heterocycles. The average molecular weight is 446 g/mol. The molecule has 30 heavy (non-hydrogen) atoms. The maximum atomic E-state index is 12.4. The maximum Gasteiger partial charge on any atom is 0.234 e. The molecule has 3 aromatic rings. The fraction of sp³-hybridized carbons (Fsp3) is 0.286. The first-order valence-corrected chi connectivity index (χ1v) is 10.7. The number of hydrogen-bond acceptors (Lipinski definition) is 6. The van der Waals surface area contributed by atoms with Crippen molar-refractivity contribution in [2.24, 2.45) is 0 Å². The lowest BCUT2D eigenvalue weighted by molar-refractivity contribution is -0.113. The molecule has 0 fully saturated rings. The Kier molecular flexibility index (Phi) is 6.89.